The van der Waals surface area contributed by atoms with Gasteiger partial charge in [-0.15, -0.1) is 16.9 Å². The minimum absolute atomic E-state index is 0.233. The van der Waals surface area contributed by atoms with Crippen molar-refractivity contribution in [3.63, 3.8) is 0 Å². The number of hydrogen-bond donors (Lipinski definition) is 0. The quantitative estimate of drug-likeness (QED) is 0.795. The van der Waals surface area contributed by atoms with E-state index in [2.05, 4.69) is 40.8 Å². The largest absolute Gasteiger partial charge is 0.340 e. The molecule has 1 unspecified atom stereocenters. The smallest absolute Gasteiger partial charge is 0.222 e. The van der Waals surface area contributed by atoms with Crippen molar-refractivity contribution in [3.8, 4) is 0 Å². The SMILES string of the molecule is CSc1ccc(CCC(=O)N2CCC(n3ccnn3)C2)cc1. The second-order valence-electron chi connectivity index (χ2n) is 5.51. The molecule has 3 rings (SSSR count). The lowest BCUT2D eigenvalue weighted by molar-refractivity contribution is -0.130. The fourth-order valence-corrected chi connectivity index (χ4v) is 3.21. The molecule has 1 aromatic carbocycles. The van der Waals surface area contributed by atoms with E-state index in [0.29, 0.717) is 6.42 Å². The maximum absolute atomic E-state index is 12.3. The van der Waals surface area contributed by atoms with Gasteiger partial charge >= 0.3 is 0 Å². The van der Waals surface area contributed by atoms with Crippen molar-refractivity contribution < 1.29 is 4.79 Å². The van der Waals surface area contributed by atoms with Gasteiger partial charge in [-0.1, -0.05) is 17.3 Å². The molecule has 1 aliphatic rings. The highest BCUT2D eigenvalue weighted by molar-refractivity contribution is 7.98. The number of amides is 1. The van der Waals surface area contributed by atoms with Gasteiger partial charge in [-0.05, 0) is 36.8 Å². The molecule has 0 N–H and O–H groups in total. The number of likely N-dealkylation sites (tertiary alicyclic amines) is 1. The number of rotatable bonds is 5. The lowest BCUT2D eigenvalue weighted by atomic mass is 10.1. The molecule has 0 saturated carbocycles. The van der Waals surface area contributed by atoms with E-state index >= 15 is 0 Å². The van der Waals surface area contributed by atoms with E-state index in [1.807, 2.05) is 15.8 Å². The summed E-state index contributed by atoms with van der Waals surface area (Å²) < 4.78 is 1.86. The number of hydrogen-bond acceptors (Lipinski definition) is 4. The van der Waals surface area contributed by atoms with Crippen LogP contribution in [0.2, 0.25) is 0 Å². The fraction of sp³-hybridized carbons (Fsp3) is 0.438. The zero-order valence-electron chi connectivity index (χ0n) is 12.7. The molecule has 1 aromatic heterocycles. The van der Waals surface area contributed by atoms with E-state index in [9.17, 15) is 4.79 Å². The Morgan fingerprint density at radius 1 is 1.36 bits per heavy atom. The molecule has 1 fully saturated rings. The Morgan fingerprint density at radius 3 is 2.86 bits per heavy atom. The third-order valence-electron chi connectivity index (χ3n) is 4.12. The van der Waals surface area contributed by atoms with E-state index in [0.717, 1.165) is 25.9 Å². The monoisotopic (exact) mass is 316 g/mol. The molecule has 2 heterocycles. The molecule has 0 radical (unpaired) electrons. The minimum atomic E-state index is 0.233. The van der Waals surface area contributed by atoms with Crippen LogP contribution in [0.15, 0.2) is 41.6 Å². The van der Waals surface area contributed by atoms with Crippen LogP contribution in [0.1, 0.15) is 24.4 Å². The van der Waals surface area contributed by atoms with Gasteiger partial charge in [0.15, 0.2) is 0 Å². The zero-order chi connectivity index (χ0) is 15.4. The normalized spacial score (nSPS) is 17.9. The van der Waals surface area contributed by atoms with Crippen molar-refractivity contribution in [3.05, 3.63) is 42.2 Å². The van der Waals surface area contributed by atoms with Gasteiger partial charge in [-0.25, -0.2) is 4.68 Å². The molecule has 6 heteroatoms. The van der Waals surface area contributed by atoms with Crippen molar-refractivity contribution in [2.75, 3.05) is 19.3 Å². The summed E-state index contributed by atoms with van der Waals surface area (Å²) in [6.45, 7) is 1.56. The van der Waals surface area contributed by atoms with Gasteiger partial charge in [0.05, 0.1) is 12.2 Å². The predicted molar refractivity (Wildman–Crippen MR) is 86.8 cm³/mol. The van der Waals surface area contributed by atoms with Gasteiger partial charge in [0.1, 0.15) is 0 Å². The first-order valence-corrected chi connectivity index (χ1v) is 8.75. The van der Waals surface area contributed by atoms with Gasteiger partial charge in [0.2, 0.25) is 5.91 Å². The van der Waals surface area contributed by atoms with E-state index in [4.69, 9.17) is 0 Å². The predicted octanol–water partition coefficient (Wildman–Crippen LogP) is 2.41. The summed E-state index contributed by atoms with van der Waals surface area (Å²) in [4.78, 5) is 15.5. The number of carbonyl (C=O) groups is 1. The number of thioether (sulfide) groups is 1. The van der Waals surface area contributed by atoms with Crippen molar-refractivity contribution >= 4 is 17.7 Å². The molecule has 1 aliphatic heterocycles. The summed E-state index contributed by atoms with van der Waals surface area (Å²) in [6, 6.07) is 8.72. The van der Waals surface area contributed by atoms with Gasteiger partial charge in [-0.3, -0.25) is 4.79 Å². The average Bonchev–Trinajstić information content (AvgIpc) is 3.23. The molecule has 0 aliphatic carbocycles. The van der Waals surface area contributed by atoms with Crippen LogP contribution in [0.4, 0.5) is 0 Å². The number of nitrogens with zero attached hydrogens (tertiary/aromatic N) is 4. The number of aromatic nitrogens is 3. The second-order valence-corrected chi connectivity index (χ2v) is 6.39. The van der Waals surface area contributed by atoms with Crippen LogP contribution in [-0.2, 0) is 11.2 Å². The Bertz CT molecular complexity index is 612. The molecular formula is C16H20N4OS. The van der Waals surface area contributed by atoms with Gasteiger partial charge in [0, 0.05) is 30.6 Å². The van der Waals surface area contributed by atoms with E-state index < -0.39 is 0 Å². The van der Waals surface area contributed by atoms with Crippen LogP contribution >= 0.6 is 11.8 Å². The Morgan fingerprint density at radius 2 is 2.18 bits per heavy atom. The maximum atomic E-state index is 12.3. The third-order valence-corrected chi connectivity index (χ3v) is 4.86. The van der Waals surface area contributed by atoms with Gasteiger partial charge in [-0.2, -0.15) is 0 Å². The molecule has 1 amide bonds. The summed E-state index contributed by atoms with van der Waals surface area (Å²) in [5.41, 5.74) is 1.22. The molecule has 5 nitrogen and oxygen atoms in total. The highest BCUT2D eigenvalue weighted by atomic mass is 32.2. The summed E-state index contributed by atoms with van der Waals surface area (Å²) in [5, 5.41) is 7.86. The Kier molecular flexibility index (Phi) is 4.77. The molecule has 2 aromatic rings. The van der Waals surface area contributed by atoms with Crippen LogP contribution in [0, 0.1) is 0 Å². The maximum Gasteiger partial charge on any atom is 0.222 e. The highest BCUT2D eigenvalue weighted by Gasteiger charge is 2.27. The van der Waals surface area contributed by atoms with E-state index in [1.165, 1.54) is 10.5 Å². The number of aryl methyl sites for hydroxylation is 1. The molecule has 0 bridgehead atoms. The van der Waals surface area contributed by atoms with Crippen molar-refractivity contribution in [1.29, 1.82) is 0 Å². The van der Waals surface area contributed by atoms with Crippen molar-refractivity contribution in [2.24, 2.45) is 0 Å². The zero-order valence-corrected chi connectivity index (χ0v) is 13.5. The standard InChI is InChI=1S/C16H20N4OS/c1-22-15-5-2-13(3-6-15)4-7-16(21)19-10-8-14(12-19)20-11-9-17-18-20/h2-3,5-6,9,11,14H,4,7-8,10,12H2,1H3. The van der Waals surface area contributed by atoms with Gasteiger partial charge in [0.25, 0.3) is 0 Å². The molecule has 0 spiro atoms. The second kappa shape index (κ2) is 6.96. The lowest BCUT2D eigenvalue weighted by Crippen LogP contribution is -2.29. The fourth-order valence-electron chi connectivity index (χ4n) is 2.80. The Balaban J connectivity index is 1.50. The lowest BCUT2D eigenvalue weighted by Gasteiger charge is -2.16. The molecule has 22 heavy (non-hydrogen) atoms. The Labute approximate surface area is 134 Å². The first kappa shape index (κ1) is 15.1. The first-order valence-electron chi connectivity index (χ1n) is 7.53. The number of carbonyl (C=O) groups excluding carboxylic acids is 1. The minimum Gasteiger partial charge on any atom is -0.340 e. The topological polar surface area (TPSA) is 51.0 Å². The number of benzene rings is 1. The van der Waals surface area contributed by atoms with Crippen LogP contribution < -0.4 is 0 Å². The van der Waals surface area contributed by atoms with E-state index in [1.54, 1.807) is 18.0 Å². The van der Waals surface area contributed by atoms with Crippen LogP contribution in [0.3, 0.4) is 0 Å². The van der Waals surface area contributed by atoms with Crippen molar-refractivity contribution in [2.45, 2.75) is 30.2 Å². The Hall–Kier alpha value is -1.82. The van der Waals surface area contributed by atoms with Crippen molar-refractivity contribution in [1.82, 2.24) is 19.9 Å². The summed E-state index contributed by atoms with van der Waals surface area (Å²) in [6.07, 6.45) is 7.95. The molecular weight excluding hydrogens is 296 g/mol. The first-order chi connectivity index (χ1) is 10.8. The third kappa shape index (κ3) is 3.50. The average molecular weight is 316 g/mol. The highest BCUT2D eigenvalue weighted by Crippen LogP contribution is 2.21. The molecule has 116 valence electrons. The molecule has 1 saturated heterocycles. The van der Waals surface area contributed by atoms with Crippen LogP contribution in [0.5, 0.6) is 0 Å². The molecule has 1 atom stereocenters. The summed E-state index contributed by atoms with van der Waals surface area (Å²) in [5.74, 6) is 0.233. The van der Waals surface area contributed by atoms with Crippen LogP contribution in [-0.4, -0.2) is 45.1 Å². The summed E-state index contributed by atoms with van der Waals surface area (Å²) in [7, 11) is 0. The van der Waals surface area contributed by atoms with E-state index in [-0.39, 0.29) is 11.9 Å². The van der Waals surface area contributed by atoms with Gasteiger partial charge < -0.3 is 4.90 Å². The van der Waals surface area contributed by atoms with Crippen LogP contribution in [0.25, 0.3) is 0 Å². The summed E-state index contributed by atoms with van der Waals surface area (Å²) >= 11 is 1.73.